The van der Waals surface area contributed by atoms with Crippen LogP contribution in [0.5, 0.6) is 5.75 Å². The number of allylic oxidation sites excluding steroid dienone is 1. The highest BCUT2D eigenvalue weighted by Crippen LogP contribution is 2.41. The van der Waals surface area contributed by atoms with E-state index in [0.717, 1.165) is 46.8 Å². The Morgan fingerprint density at radius 3 is 2.48 bits per heavy atom. The number of rotatable bonds is 5. The van der Waals surface area contributed by atoms with Gasteiger partial charge >= 0.3 is 0 Å². The van der Waals surface area contributed by atoms with Crippen LogP contribution in [0, 0.1) is 0 Å². The largest absolute Gasteiger partial charge is 0.494 e. The van der Waals surface area contributed by atoms with Crippen molar-refractivity contribution in [2.45, 2.75) is 32.2 Å². The lowest BCUT2D eigenvalue weighted by molar-refractivity contribution is -0.116. The molecule has 1 atom stereocenters. The van der Waals surface area contributed by atoms with Crippen molar-refractivity contribution in [3.05, 3.63) is 101 Å². The molecule has 2 N–H and O–H groups in total. The first-order valence-electron chi connectivity index (χ1n) is 11.4. The molecule has 3 aromatic rings. The molecule has 1 heterocycles. The monoisotopic (exact) mass is 438 g/mol. The van der Waals surface area contributed by atoms with Crippen molar-refractivity contribution < 1.29 is 14.3 Å². The van der Waals surface area contributed by atoms with Gasteiger partial charge in [-0.15, -0.1) is 0 Å². The molecule has 0 aromatic heterocycles. The predicted molar refractivity (Wildman–Crippen MR) is 130 cm³/mol. The summed E-state index contributed by atoms with van der Waals surface area (Å²) in [5.74, 6) is 0.937. The molecule has 0 spiro atoms. The molecule has 0 fully saturated rings. The van der Waals surface area contributed by atoms with Crippen molar-refractivity contribution in [1.82, 2.24) is 0 Å². The topological polar surface area (TPSA) is 67.4 Å². The number of carbonyl (C=O) groups excluding carboxylic acids is 2. The fraction of sp³-hybridized carbons (Fsp3) is 0.214. The first-order valence-corrected chi connectivity index (χ1v) is 11.4. The number of ketones is 2. The third kappa shape index (κ3) is 4.14. The Morgan fingerprint density at radius 2 is 1.73 bits per heavy atom. The SMILES string of the molecule is CCOc1ccc(C2Nc3ccc(C(=O)c4ccccc4)cc3NC3=C2C(=O)CCC3)cc1. The molecule has 0 radical (unpaired) electrons. The summed E-state index contributed by atoms with van der Waals surface area (Å²) in [5, 5.41) is 7.06. The van der Waals surface area contributed by atoms with Gasteiger partial charge in [0.2, 0.25) is 0 Å². The van der Waals surface area contributed by atoms with E-state index in [-0.39, 0.29) is 17.6 Å². The second kappa shape index (κ2) is 8.94. The van der Waals surface area contributed by atoms with Crippen LogP contribution in [0.25, 0.3) is 0 Å². The van der Waals surface area contributed by atoms with Crippen LogP contribution in [-0.4, -0.2) is 18.2 Å². The van der Waals surface area contributed by atoms with Gasteiger partial charge in [0.25, 0.3) is 0 Å². The summed E-state index contributed by atoms with van der Waals surface area (Å²) in [5.41, 5.74) is 5.64. The van der Waals surface area contributed by atoms with E-state index in [9.17, 15) is 9.59 Å². The quantitative estimate of drug-likeness (QED) is 0.485. The van der Waals surface area contributed by atoms with E-state index in [0.29, 0.717) is 24.2 Å². The van der Waals surface area contributed by atoms with Crippen molar-refractivity contribution in [2.24, 2.45) is 0 Å². The summed E-state index contributed by atoms with van der Waals surface area (Å²) in [7, 11) is 0. The minimum atomic E-state index is -0.270. The average molecular weight is 439 g/mol. The van der Waals surface area contributed by atoms with Crippen molar-refractivity contribution in [3.63, 3.8) is 0 Å². The van der Waals surface area contributed by atoms with Gasteiger partial charge in [-0.1, -0.05) is 42.5 Å². The molecule has 166 valence electrons. The lowest BCUT2D eigenvalue weighted by atomic mass is 9.86. The van der Waals surface area contributed by atoms with Gasteiger partial charge in [0.05, 0.1) is 24.0 Å². The van der Waals surface area contributed by atoms with Crippen LogP contribution >= 0.6 is 0 Å². The molecular formula is C28H26N2O3. The molecule has 0 saturated heterocycles. The Kier molecular flexibility index (Phi) is 5.69. The van der Waals surface area contributed by atoms with Gasteiger partial charge in [0.1, 0.15) is 5.75 Å². The van der Waals surface area contributed by atoms with Crippen LogP contribution in [0.1, 0.15) is 53.7 Å². The zero-order valence-electron chi connectivity index (χ0n) is 18.6. The van der Waals surface area contributed by atoms with Crippen molar-refractivity contribution in [2.75, 3.05) is 17.2 Å². The highest BCUT2D eigenvalue weighted by Gasteiger charge is 2.32. The molecule has 33 heavy (non-hydrogen) atoms. The van der Waals surface area contributed by atoms with E-state index in [1.165, 1.54) is 0 Å². The Labute approximate surface area is 193 Å². The predicted octanol–water partition coefficient (Wildman–Crippen LogP) is 5.90. The molecule has 3 aromatic carbocycles. The first-order chi connectivity index (χ1) is 16.1. The Bertz CT molecular complexity index is 1230. The fourth-order valence-corrected chi connectivity index (χ4v) is 4.56. The summed E-state index contributed by atoms with van der Waals surface area (Å²) in [6.07, 6.45) is 2.16. The maximum Gasteiger partial charge on any atom is 0.193 e. The van der Waals surface area contributed by atoms with Gasteiger partial charge in [-0.2, -0.15) is 0 Å². The van der Waals surface area contributed by atoms with Crippen LogP contribution < -0.4 is 15.4 Å². The van der Waals surface area contributed by atoms with E-state index >= 15 is 0 Å². The number of hydrogen-bond donors (Lipinski definition) is 2. The van der Waals surface area contributed by atoms with Gasteiger partial charge in [0, 0.05) is 28.8 Å². The van der Waals surface area contributed by atoms with Gasteiger partial charge in [-0.05, 0) is 55.7 Å². The number of ether oxygens (including phenoxy) is 1. The zero-order chi connectivity index (χ0) is 22.8. The van der Waals surface area contributed by atoms with E-state index in [2.05, 4.69) is 10.6 Å². The molecular weight excluding hydrogens is 412 g/mol. The van der Waals surface area contributed by atoms with Gasteiger partial charge in [-0.3, -0.25) is 9.59 Å². The Morgan fingerprint density at radius 1 is 0.939 bits per heavy atom. The Balaban J connectivity index is 1.54. The lowest BCUT2D eigenvalue weighted by Crippen LogP contribution is -2.23. The molecule has 5 nitrogen and oxygen atoms in total. The van der Waals surface area contributed by atoms with E-state index < -0.39 is 0 Å². The third-order valence-corrected chi connectivity index (χ3v) is 6.17. The summed E-state index contributed by atoms with van der Waals surface area (Å²) in [4.78, 5) is 26.0. The molecule has 0 bridgehead atoms. The molecule has 1 aliphatic carbocycles. The molecule has 0 amide bonds. The number of benzene rings is 3. The molecule has 1 unspecified atom stereocenters. The van der Waals surface area contributed by atoms with E-state index in [1.54, 1.807) is 0 Å². The van der Waals surface area contributed by atoms with Gasteiger partial charge in [-0.25, -0.2) is 0 Å². The van der Waals surface area contributed by atoms with Crippen LogP contribution in [-0.2, 0) is 4.79 Å². The van der Waals surface area contributed by atoms with Crippen molar-refractivity contribution >= 4 is 22.9 Å². The number of fused-ring (bicyclic) bond motifs is 1. The number of anilines is 2. The Hall–Kier alpha value is -3.86. The minimum Gasteiger partial charge on any atom is -0.494 e. The fourth-order valence-electron chi connectivity index (χ4n) is 4.56. The molecule has 0 saturated carbocycles. The second-order valence-electron chi connectivity index (χ2n) is 8.33. The minimum absolute atomic E-state index is 0.0265. The molecule has 5 heteroatoms. The number of carbonyl (C=O) groups is 2. The van der Waals surface area contributed by atoms with Crippen LogP contribution in [0.4, 0.5) is 11.4 Å². The average Bonchev–Trinajstić information content (AvgIpc) is 3.02. The number of nitrogens with one attached hydrogen (secondary N) is 2. The van der Waals surface area contributed by atoms with E-state index in [1.807, 2.05) is 79.7 Å². The molecule has 2 aliphatic rings. The van der Waals surface area contributed by atoms with Crippen LogP contribution in [0.2, 0.25) is 0 Å². The van der Waals surface area contributed by atoms with Crippen LogP contribution in [0.15, 0.2) is 84.1 Å². The smallest absolute Gasteiger partial charge is 0.193 e. The second-order valence-corrected chi connectivity index (χ2v) is 8.33. The normalized spacial score (nSPS) is 17.2. The van der Waals surface area contributed by atoms with Gasteiger partial charge in [0.15, 0.2) is 11.6 Å². The summed E-state index contributed by atoms with van der Waals surface area (Å²) < 4.78 is 5.59. The molecule has 5 rings (SSSR count). The highest BCUT2D eigenvalue weighted by molar-refractivity contribution is 6.10. The van der Waals surface area contributed by atoms with Crippen LogP contribution in [0.3, 0.4) is 0 Å². The van der Waals surface area contributed by atoms with E-state index in [4.69, 9.17) is 4.74 Å². The lowest BCUT2D eigenvalue weighted by Gasteiger charge is -2.25. The summed E-state index contributed by atoms with van der Waals surface area (Å²) >= 11 is 0. The van der Waals surface area contributed by atoms with Gasteiger partial charge < -0.3 is 15.4 Å². The van der Waals surface area contributed by atoms with Crippen molar-refractivity contribution in [1.29, 1.82) is 0 Å². The third-order valence-electron chi connectivity index (χ3n) is 6.17. The number of hydrogen-bond acceptors (Lipinski definition) is 5. The summed E-state index contributed by atoms with van der Waals surface area (Å²) in [6.45, 7) is 2.56. The molecule has 1 aliphatic heterocycles. The number of Topliss-reactive ketones (excluding diaryl/α,β-unsaturated/α-hetero) is 1. The first kappa shape index (κ1) is 21.0. The standard InChI is InChI=1S/C28H26N2O3/c1-2-33-21-14-11-18(12-15-21)27-26-23(9-6-10-25(26)31)29-24-17-20(13-16-22(24)30-27)28(32)19-7-4-3-5-8-19/h3-5,7-8,11-17,27,29-30H,2,6,9-10H2,1H3. The zero-order valence-corrected chi connectivity index (χ0v) is 18.6. The highest BCUT2D eigenvalue weighted by atomic mass is 16.5. The maximum atomic E-state index is 13.0. The van der Waals surface area contributed by atoms with Crippen molar-refractivity contribution in [3.8, 4) is 5.75 Å². The maximum absolute atomic E-state index is 13.0. The summed E-state index contributed by atoms with van der Waals surface area (Å²) in [6, 6.07) is 22.5.